The lowest BCUT2D eigenvalue weighted by Crippen LogP contribution is -2.21. The molecule has 4 rings (SSSR count). The molecule has 0 saturated heterocycles. The zero-order valence-corrected chi connectivity index (χ0v) is 12.5. The van der Waals surface area contributed by atoms with Crippen LogP contribution >= 0.6 is 0 Å². The van der Waals surface area contributed by atoms with Gasteiger partial charge in [-0.3, -0.25) is 14.2 Å². The third-order valence-electron chi connectivity index (χ3n) is 3.97. The SMILES string of the molecule is COc1ccc2c(c1)C(=O)c1nc3cc(OC)ccc3c(=O)n1-2. The predicted molar refractivity (Wildman–Crippen MR) is 83.9 cm³/mol. The molecule has 1 aliphatic heterocycles. The number of ether oxygens (including phenoxy) is 2. The summed E-state index contributed by atoms with van der Waals surface area (Å²) in [4.78, 5) is 29.7. The van der Waals surface area contributed by atoms with Crippen LogP contribution in [0.25, 0.3) is 16.6 Å². The Bertz CT molecular complexity index is 1040. The number of fused-ring (bicyclic) bond motifs is 4. The highest BCUT2D eigenvalue weighted by Gasteiger charge is 2.30. The summed E-state index contributed by atoms with van der Waals surface area (Å²) < 4.78 is 11.7. The molecular formula is C17H12N2O4. The van der Waals surface area contributed by atoms with E-state index in [2.05, 4.69) is 4.98 Å². The van der Waals surface area contributed by atoms with E-state index < -0.39 is 0 Å². The van der Waals surface area contributed by atoms with Gasteiger partial charge in [-0.15, -0.1) is 0 Å². The molecule has 0 unspecified atom stereocenters. The third-order valence-corrected chi connectivity index (χ3v) is 3.97. The normalized spacial score (nSPS) is 12.2. The van der Waals surface area contributed by atoms with E-state index in [1.165, 1.54) is 18.8 Å². The lowest BCUT2D eigenvalue weighted by molar-refractivity contribution is 0.103. The van der Waals surface area contributed by atoms with E-state index in [9.17, 15) is 9.59 Å². The van der Waals surface area contributed by atoms with Gasteiger partial charge in [0, 0.05) is 6.07 Å². The van der Waals surface area contributed by atoms with Crippen LogP contribution in [-0.4, -0.2) is 29.6 Å². The summed E-state index contributed by atoms with van der Waals surface area (Å²) in [6, 6.07) is 10.0. The summed E-state index contributed by atoms with van der Waals surface area (Å²) in [5.74, 6) is 0.961. The highest BCUT2D eigenvalue weighted by molar-refractivity contribution is 6.13. The molecule has 0 amide bonds. The van der Waals surface area contributed by atoms with Crippen LogP contribution in [0, 0.1) is 0 Å². The van der Waals surface area contributed by atoms with Crippen LogP contribution < -0.4 is 15.0 Å². The van der Waals surface area contributed by atoms with Crippen LogP contribution in [0.15, 0.2) is 41.2 Å². The molecule has 0 saturated carbocycles. The summed E-state index contributed by atoms with van der Waals surface area (Å²) in [7, 11) is 3.06. The Morgan fingerprint density at radius 1 is 0.957 bits per heavy atom. The summed E-state index contributed by atoms with van der Waals surface area (Å²) >= 11 is 0. The van der Waals surface area contributed by atoms with Gasteiger partial charge in [0.1, 0.15) is 11.5 Å². The van der Waals surface area contributed by atoms with Crippen molar-refractivity contribution in [2.45, 2.75) is 0 Å². The molecule has 1 aromatic heterocycles. The third kappa shape index (κ3) is 1.78. The minimum absolute atomic E-state index is 0.110. The molecule has 6 heteroatoms. The van der Waals surface area contributed by atoms with E-state index in [0.29, 0.717) is 33.7 Å². The molecule has 0 spiro atoms. The van der Waals surface area contributed by atoms with Crippen molar-refractivity contribution in [3.63, 3.8) is 0 Å². The van der Waals surface area contributed by atoms with E-state index in [1.807, 2.05) is 0 Å². The second-order valence-corrected chi connectivity index (χ2v) is 5.17. The van der Waals surface area contributed by atoms with Gasteiger partial charge in [0.25, 0.3) is 5.56 Å². The van der Waals surface area contributed by atoms with E-state index in [1.54, 1.807) is 36.4 Å². The number of rotatable bonds is 2. The number of carbonyl (C=O) groups is 1. The van der Waals surface area contributed by atoms with Crippen molar-refractivity contribution in [2.24, 2.45) is 0 Å². The summed E-state index contributed by atoms with van der Waals surface area (Å²) in [5.41, 5.74) is 1.11. The maximum absolute atomic E-state index is 12.8. The maximum Gasteiger partial charge on any atom is 0.266 e. The number of hydrogen-bond acceptors (Lipinski definition) is 5. The number of methoxy groups -OCH3 is 2. The number of aromatic nitrogens is 2. The Labute approximate surface area is 130 Å². The quantitative estimate of drug-likeness (QED) is 0.566. The summed E-state index contributed by atoms with van der Waals surface area (Å²) in [6.45, 7) is 0. The molecule has 0 bridgehead atoms. The van der Waals surface area contributed by atoms with Crippen molar-refractivity contribution < 1.29 is 14.3 Å². The van der Waals surface area contributed by atoms with Crippen LogP contribution in [0.1, 0.15) is 16.2 Å². The number of carbonyl (C=O) groups excluding carboxylic acids is 1. The first-order chi connectivity index (χ1) is 11.1. The minimum atomic E-state index is -0.291. The van der Waals surface area contributed by atoms with Crippen molar-refractivity contribution in [2.75, 3.05) is 14.2 Å². The van der Waals surface area contributed by atoms with Gasteiger partial charge in [-0.2, -0.15) is 0 Å². The Hall–Kier alpha value is -3.15. The van der Waals surface area contributed by atoms with Gasteiger partial charge in [0.2, 0.25) is 5.78 Å². The molecule has 114 valence electrons. The average Bonchev–Trinajstić information content (AvgIpc) is 2.87. The fourth-order valence-electron chi connectivity index (χ4n) is 2.81. The Balaban J connectivity index is 2.06. The van der Waals surface area contributed by atoms with Gasteiger partial charge in [0.15, 0.2) is 5.82 Å². The van der Waals surface area contributed by atoms with Crippen LogP contribution in [-0.2, 0) is 0 Å². The van der Waals surface area contributed by atoms with Crippen LogP contribution in [0.4, 0.5) is 0 Å². The lowest BCUT2D eigenvalue weighted by Gasteiger charge is -2.07. The van der Waals surface area contributed by atoms with Gasteiger partial charge >= 0.3 is 0 Å². The zero-order valence-electron chi connectivity index (χ0n) is 12.5. The number of nitrogens with zero attached hydrogens (tertiary/aromatic N) is 2. The number of benzene rings is 2. The van der Waals surface area contributed by atoms with Crippen molar-refractivity contribution in [1.29, 1.82) is 0 Å². The molecule has 6 nitrogen and oxygen atoms in total. The zero-order chi connectivity index (χ0) is 16.1. The second-order valence-electron chi connectivity index (χ2n) is 5.17. The molecule has 0 atom stereocenters. The topological polar surface area (TPSA) is 70.4 Å². The van der Waals surface area contributed by atoms with Gasteiger partial charge in [-0.25, -0.2) is 4.98 Å². The van der Waals surface area contributed by atoms with Crippen molar-refractivity contribution in [3.8, 4) is 17.2 Å². The van der Waals surface area contributed by atoms with Crippen LogP contribution in [0.3, 0.4) is 0 Å². The fraction of sp³-hybridized carbons (Fsp3) is 0.118. The Morgan fingerprint density at radius 2 is 1.65 bits per heavy atom. The number of ketones is 1. The minimum Gasteiger partial charge on any atom is -0.497 e. The van der Waals surface area contributed by atoms with Crippen LogP contribution in [0.5, 0.6) is 11.5 Å². The van der Waals surface area contributed by atoms with Gasteiger partial charge < -0.3 is 9.47 Å². The Kier molecular flexibility index (Phi) is 2.74. The molecule has 3 aromatic rings. The molecule has 0 N–H and O–H groups in total. The maximum atomic E-state index is 12.8. The molecule has 23 heavy (non-hydrogen) atoms. The molecular weight excluding hydrogens is 296 g/mol. The first kappa shape index (κ1) is 13.5. The van der Waals surface area contributed by atoms with Crippen molar-refractivity contribution in [3.05, 3.63) is 58.1 Å². The molecule has 2 aromatic carbocycles. The fourth-order valence-corrected chi connectivity index (χ4v) is 2.81. The molecule has 0 aliphatic carbocycles. The van der Waals surface area contributed by atoms with Gasteiger partial charge in [-0.05, 0) is 30.3 Å². The first-order valence-corrected chi connectivity index (χ1v) is 6.98. The molecule has 2 heterocycles. The summed E-state index contributed by atoms with van der Waals surface area (Å²) in [5, 5.41) is 0.436. The smallest absolute Gasteiger partial charge is 0.266 e. The average molecular weight is 308 g/mol. The van der Waals surface area contributed by atoms with Gasteiger partial charge in [0.05, 0.1) is 36.4 Å². The van der Waals surface area contributed by atoms with E-state index in [4.69, 9.17) is 9.47 Å². The van der Waals surface area contributed by atoms with E-state index in [-0.39, 0.29) is 17.2 Å². The lowest BCUT2D eigenvalue weighted by atomic mass is 10.1. The predicted octanol–water partition coefficient (Wildman–Crippen LogP) is 1.95. The molecule has 1 aliphatic rings. The molecule has 0 fully saturated rings. The highest BCUT2D eigenvalue weighted by atomic mass is 16.5. The molecule has 0 radical (unpaired) electrons. The highest BCUT2D eigenvalue weighted by Crippen LogP contribution is 2.29. The van der Waals surface area contributed by atoms with E-state index >= 15 is 0 Å². The first-order valence-electron chi connectivity index (χ1n) is 6.98. The second kappa shape index (κ2) is 4.67. The van der Waals surface area contributed by atoms with Crippen molar-refractivity contribution in [1.82, 2.24) is 9.55 Å². The van der Waals surface area contributed by atoms with Gasteiger partial charge in [-0.1, -0.05) is 0 Å². The number of hydrogen-bond donors (Lipinski definition) is 0. The van der Waals surface area contributed by atoms with E-state index in [0.717, 1.165) is 0 Å². The largest absolute Gasteiger partial charge is 0.497 e. The standard InChI is InChI=1S/C17H12N2O4/c1-22-9-4-6-14-12(7-9)15(20)16-18-13-8-10(23-2)3-5-11(13)17(21)19(14)16/h3-8H,1-2H3. The Morgan fingerprint density at radius 3 is 2.39 bits per heavy atom. The monoisotopic (exact) mass is 308 g/mol. The van der Waals surface area contributed by atoms with Crippen LogP contribution in [0.2, 0.25) is 0 Å². The summed E-state index contributed by atoms with van der Waals surface area (Å²) in [6.07, 6.45) is 0. The van der Waals surface area contributed by atoms with Crippen molar-refractivity contribution >= 4 is 16.7 Å².